The average molecular weight is 381 g/mol. The highest BCUT2D eigenvalue weighted by atomic mass is 16.5. The summed E-state index contributed by atoms with van der Waals surface area (Å²) in [7, 11) is 5.43. The summed E-state index contributed by atoms with van der Waals surface area (Å²) in [5.41, 5.74) is 1.45. The van der Waals surface area contributed by atoms with E-state index < -0.39 is 0 Å². The molecule has 1 atom stereocenters. The molecule has 1 fully saturated rings. The Balaban J connectivity index is 1.43. The highest BCUT2D eigenvalue weighted by molar-refractivity contribution is 5.98. The van der Waals surface area contributed by atoms with Gasteiger partial charge in [0.25, 0.3) is 5.91 Å². The molecule has 3 aromatic rings. The normalized spacial score (nSPS) is 16.4. The van der Waals surface area contributed by atoms with Crippen molar-refractivity contribution in [3.05, 3.63) is 42.4 Å². The Labute approximate surface area is 163 Å². The number of amides is 1. The predicted molar refractivity (Wildman–Crippen MR) is 106 cm³/mol. The maximum absolute atomic E-state index is 12.9. The number of ether oxygens (including phenoxy) is 2. The zero-order chi connectivity index (χ0) is 19.7. The summed E-state index contributed by atoms with van der Waals surface area (Å²) in [5, 5.41) is 0.979. The van der Waals surface area contributed by atoms with Gasteiger partial charge in [-0.15, -0.1) is 0 Å². The van der Waals surface area contributed by atoms with Crippen LogP contribution in [0.3, 0.4) is 0 Å². The van der Waals surface area contributed by atoms with Gasteiger partial charge in [-0.3, -0.25) is 9.78 Å². The molecule has 0 spiro atoms. The zero-order valence-corrected chi connectivity index (χ0v) is 16.2. The van der Waals surface area contributed by atoms with E-state index >= 15 is 0 Å². The number of hydrogen-bond donors (Lipinski definition) is 1. The number of anilines is 1. The van der Waals surface area contributed by atoms with E-state index in [1.165, 1.54) is 0 Å². The molecule has 1 amide bonds. The lowest BCUT2D eigenvalue weighted by molar-refractivity contribution is 0.0766. The van der Waals surface area contributed by atoms with Gasteiger partial charge >= 0.3 is 0 Å². The van der Waals surface area contributed by atoms with Crippen LogP contribution >= 0.6 is 0 Å². The number of hydrogen-bond acceptors (Lipinski definition) is 6. The van der Waals surface area contributed by atoms with E-state index in [0.29, 0.717) is 24.7 Å². The van der Waals surface area contributed by atoms with Gasteiger partial charge in [0.2, 0.25) is 5.88 Å². The van der Waals surface area contributed by atoms with E-state index in [1.54, 1.807) is 24.4 Å². The molecule has 1 aliphatic rings. The largest absolute Gasteiger partial charge is 0.497 e. The summed E-state index contributed by atoms with van der Waals surface area (Å²) in [4.78, 5) is 28.3. The molecule has 0 aliphatic carbocycles. The van der Waals surface area contributed by atoms with Gasteiger partial charge in [0.05, 0.1) is 26.0 Å². The Hall–Kier alpha value is -3.29. The first kappa shape index (κ1) is 18.1. The molecule has 0 radical (unpaired) electrons. The van der Waals surface area contributed by atoms with E-state index in [1.807, 2.05) is 43.3 Å². The number of nitrogens with one attached hydrogen (secondary N) is 1. The van der Waals surface area contributed by atoms with Gasteiger partial charge in [-0.1, -0.05) is 0 Å². The van der Waals surface area contributed by atoms with Crippen LogP contribution in [-0.4, -0.2) is 66.2 Å². The van der Waals surface area contributed by atoms with Crippen molar-refractivity contribution in [2.24, 2.45) is 0 Å². The molecule has 1 N–H and O–H groups in total. The van der Waals surface area contributed by atoms with Gasteiger partial charge in [-0.05, 0) is 18.2 Å². The van der Waals surface area contributed by atoms with E-state index in [2.05, 4.69) is 15.0 Å². The van der Waals surface area contributed by atoms with E-state index in [-0.39, 0.29) is 12.0 Å². The van der Waals surface area contributed by atoms with Crippen LogP contribution in [0.15, 0.2) is 36.7 Å². The molecule has 0 bridgehead atoms. The maximum Gasteiger partial charge on any atom is 0.270 e. The Kier molecular flexibility index (Phi) is 4.77. The molecule has 2 aromatic heterocycles. The second kappa shape index (κ2) is 7.38. The third kappa shape index (κ3) is 3.58. The van der Waals surface area contributed by atoms with Gasteiger partial charge in [-0.2, -0.15) is 4.98 Å². The van der Waals surface area contributed by atoms with Crippen LogP contribution in [0.5, 0.6) is 11.6 Å². The van der Waals surface area contributed by atoms with Crippen molar-refractivity contribution in [2.45, 2.75) is 12.5 Å². The standard InChI is InChI=1S/C20H23N5O3/c1-24(2)18-10-21-11-19(23-18)28-15-6-7-25(12-15)20(26)17-8-13-4-5-14(27-3)9-16(13)22-17/h4-5,8-11,15,22H,6-7,12H2,1-3H3/t15-/m0/s1. The Bertz CT molecular complexity index is 1000. The number of likely N-dealkylation sites (tertiary alicyclic amines) is 1. The molecule has 0 saturated carbocycles. The number of carbonyl (C=O) groups excluding carboxylic acids is 1. The Morgan fingerprint density at radius 3 is 2.93 bits per heavy atom. The van der Waals surface area contributed by atoms with Gasteiger partial charge < -0.3 is 24.3 Å². The molecule has 1 saturated heterocycles. The molecule has 28 heavy (non-hydrogen) atoms. The quantitative estimate of drug-likeness (QED) is 0.730. The number of carbonyl (C=O) groups is 1. The lowest BCUT2D eigenvalue weighted by atomic mass is 10.2. The van der Waals surface area contributed by atoms with Crippen LogP contribution in [0.25, 0.3) is 10.9 Å². The first-order valence-corrected chi connectivity index (χ1v) is 9.15. The topological polar surface area (TPSA) is 83.6 Å². The van der Waals surface area contributed by atoms with Crippen LogP contribution in [0.2, 0.25) is 0 Å². The van der Waals surface area contributed by atoms with Crippen molar-refractivity contribution in [2.75, 3.05) is 39.2 Å². The summed E-state index contributed by atoms with van der Waals surface area (Å²) in [6, 6.07) is 7.58. The van der Waals surface area contributed by atoms with Crippen LogP contribution < -0.4 is 14.4 Å². The number of aromatic amines is 1. The van der Waals surface area contributed by atoms with Gasteiger partial charge in [0.15, 0.2) is 5.82 Å². The number of fused-ring (bicyclic) bond motifs is 1. The summed E-state index contributed by atoms with van der Waals surface area (Å²) in [6.45, 7) is 1.16. The lowest BCUT2D eigenvalue weighted by Gasteiger charge is -2.17. The fourth-order valence-corrected chi connectivity index (χ4v) is 3.31. The second-order valence-electron chi connectivity index (χ2n) is 7.03. The summed E-state index contributed by atoms with van der Waals surface area (Å²) >= 11 is 0. The molecule has 3 heterocycles. The molecule has 1 aromatic carbocycles. The molecule has 146 valence electrons. The maximum atomic E-state index is 12.9. The van der Waals surface area contributed by atoms with Crippen molar-refractivity contribution in [3.8, 4) is 11.6 Å². The number of H-pyrrole nitrogens is 1. The number of nitrogens with zero attached hydrogens (tertiary/aromatic N) is 4. The predicted octanol–water partition coefficient (Wildman–Crippen LogP) is 2.33. The minimum Gasteiger partial charge on any atom is -0.497 e. The van der Waals surface area contributed by atoms with Crippen LogP contribution in [0, 0.1) is 0 Å². The highest BCUT2D eigenvalue weighted by Gasteiger charge is 2.29. The van der Waals surface area contributed by atoms with Gasteiger partial charge in [-0.25, -0.2) is 0 Å². The van der Waals surface area contributed by atoms with Crippen molar-refractivity contribution >= 4 is 22.6 Å². The molecule has 0 unspecified atom stereocenters. The molecule has 8 heteroatoms. The third-order valence-electron chi connectivity index (χ3n) is 4.84. The monoisotopic (exact) mass is 381 g/mol. The van der Waals surface area contributed by atoms with Crippen LogP contribution in [0.4, 0.5) is 5.82 Å². The number of benzene rings is 1. The first-order valence-electron chi connectivity index (χ1n) is 9.15. The molecular weight excluding hydrogens is 358 g/mol. The van der Waals surface area contributed by atoms with Crippen molar-refractivity contribution < 1.29 is 14.3 Å². The molecular formula is C20H23N5O3. The number of rotatable bonds is 5. The summed E-state index contributed by atoms with van der Waals surface area (Å²) in [6.07, 6.45) is 3.94. The fourth-order valence-electron chi connectivity index (χ4n) is 3.31. The molecule has 1 aliphatic heterocycles. The number of methoxy groups -OCH3 is 1. The molecule has 8 nitrogen and oxygen atoms in total. The zero-order valence-electron chi connectivity index (χ0n) is 16.2. The SMILES string of the molecule is COc1ccc2cc(C(=O)N3CC[C@H](Oc4cncc(N(C)C)n4)C3)[nH]c2c1. The van der Waals surface area contributed by atoms with Crippen molar-refractivity contribution in [1.29, 1.82) is 0 Å². The first-order chi connectivity index (χ1) is 13.5. The minimum atomic E-state index is -0.0971. The fraction of sp³-hybridized carbons (Fsp3) is 0.350. The highest BCUT2D eigenvalue weighted by Crippen LogP contribution is 2.24. The van der Waals surface area contributed by atoms with E-state index in [4.69, 9.17) is 9.47 Å². The number of aromatic nitrogens is 3. The third-order valence-corrected chi connectivity index (χ3v) is 4.84. The Morgan fingerprint density at radius 2 is 2.14 bits per heavy atom. The smallest absolute Gasteiger partial charge is 0.270 e. The van der Waals surface area contributed by atoms with Crippen LogP contribution in [0.1, 0.15) is 16.9 Å². The van der Waals surface area contributed by atoms with E-state index in [0.717, 1.165) is 28.9 Å². The second-order valence-corrected chi connectivity index (χ2v) is 7.03. The van der Waals surface area contributed by atoms with Gasteiger partial charge in [0, 0.05) is 44.0 Å². The minimum absolute atomic E-state index is 0.0330. The van der Waals surface area contributed by atoms with Crippen molar-refractivity contribution in [3.63, 3.8) is 0 Å². The van der Waals surface area contributed by atoms with E-state index in [9.17, 15) is 4.79 Å². The average Bonchev–Trinajstić information content (AvgIpc) is 3.33. The van der Waals surface area contributed by atoms with Crippen molar-refractivity contribution in [1.82, 2.24) is 19.9 Å². The Morgan fingerprint density at radius 1 is 1.29 bits per heavy atom. The molecule has 4 rings (SSSR count). The van der Waals surface area contributed by atoms with Gasteiger partial charge in [0.1, 0.15) is 17.5 Å². The summed E-state index contributed by atoms with van der Waals surface area (Å²) in [5.74, 6) is 1.93. The lowest BCUT2D eigenvalue weighted by Crippen LogP contribution is -2.31. The van der Waals surface area contributed by atoms with Crippen LogP contribution in [-0.2, 0) is 0 Å². The summed E-state index contributed by atoms with van der Waals surface area (Å²) < 4.78 is 11.2.